The number of rotatable bonds is 3. The summed E-state index contributed by atoms with van der Waals surface area (Å²) in [4.78, 5) is 24.2. The third kappa shape index (κ3) is 3.11. The lowest BCUT2D eigenvalue weighted by atomic mass is 10.2. The molecule has 0 aromatic carbocycles. The Morgan fingerprint density at radius 3 is 2.89 bits per heavy atom. The van der Waals surface area contributed by atoms with Gasteiger partial charge in [-0.2, -0.15) is 0 Å². The molecular formula is C11H18N2O5. The van der Waals surface area contributed by atoms with E-state index < -0.39 is 12.0 Å². The summed E-state index contributed by atoms with van der Waals surface area (Å²) in [6, 6.07) is -1.04. The molecule has 2 rings (SSSR count). The Morgan fingerprint density at radius 2 is 2.22 bits per heavy atom. The lowest BCUT2D eigenvalue weighted by Crippen LogP contribution is -2.49. The van der Waals surface area contributed by atoms with Gasteiger partial charge in [-0.3, -0.25) is 0 Å². The first kappa shape index (κ1) is 13.1. The summed E-state index contributed by atoms with van der Waals surface area (Å²) in [5, 5.41) is 11.7. The molecule has 0 aromatic heterocycles. The van der Waals surface area contributed by atoms with Crippen LogP contribution in [0, 0.1) is 0 Å². The highest BCUT2D eigenvalue weighted by Gasteiger charge is 2.34. The molecule has 2 heterocycles. The molecule has 2 saturated heterocycles. The van der Waals surface area contributed by atoms with E-state index in [0.29, 0.717) is 39.3 Å². The molecule has 0 bridgehead atoms. The minimum Gasteiger partial charge on any atom is -0.480 e. The summed E-state index contributed by atoms with van der Waals surface area (Å²) in [6.07, 6.45) is 1.10. The molecule has 0 aromatic rings. The molecule has 2 N–H and O–H groups in total. The van der Waals surface area contributed by atoms with Gasteiger partial charge in [0.1, 0.15) is 6.04 Å². The summed E-state index contributed by atoms with van der Waals surface area (Å²) >= 11 is 0. The highest BCUT2D eigenvalue weighted by molar-refractivity contribution is 5.83. The van der Waals surface area contributed by atoms with Gasteiger partial charge in [0, 0.05) is 13.1 Å². The molecule has 0 saturated carbocycles. The third-order valence-electron chi connectivity index (χ3n) is 3.16. The van der Waals surface area contributed by atoms with Crippen molar-refractivity contribution in [1.82, 2.24) is 10.2 Å². The first-order valence-electron chi connectivity index (χ1n) is 6.15. The van der Waals surface area contributed by atoms with Gasteiger partial charge in [0.25, 0.3) is 0 Å². The van der Waals surface area contributed by atoms with Gasteiger partial charge in [-0.1, -0.05) is 0 Å². The van der Waals surface area contributed by atoms with Gasteiger partial charge in [-0.25, -0.2) is 9.59 Å². The van der Waals surface area contributed by atoms with Crippen LogP contribution in [0.1, 0.15) is 12.8 Å². The summed E-state index contributed by atoms with van der Waals surface area (Å²) in [6.45, 7) is 2.41. The predicted octanol–water partition coefficient (Wildman–Crippen LogP) is -0.340. The summed E-state index contributed by atoms with van der Waals surface area (Å²) < 4.78 is 10.6. The van der Waals surface area contributed by atoms with E-state index in [0.717, 1.165) is 6.42 Å². The molecule has 2 amide bonds. The SMILES string of the molecule is O=C(O)[C@@H]1CCCN1C(=O)NCC1COCCO1. The van der Waals surface area contributed by atoms with Gasteiger partial charge < -0.3 is 24.8 Å². The Kier molecular flexibility index (Phi) is 4.38. The highest BCUT2D eigenvalue weighted by atomic mass is 16.6. The van der Waals surface area contributed by atoms with Crippen molar-refractivity contribution in [2.75, 3.05) is 32.9 Å². The molecule has 2 fully saturated rings. The Hall–Kier alpha value is -1.34. The van der Waals surface area contributed by atoms with Gasteiger partial charge in [0.15, 0.2) is 0 Å². The first-order chi connectivity index (χ1) is 8.68. The van der Waals surface area contributed by atoms with Gasteiger partial charge in [-0.05, 0) is 12.8 Å². The maximum absolute atomic E-state index is 11.9. The summed E-state index contributed by atoms with van der Waals surface area (Å²) in [5.74, 6) is -0.945. The number of hydrogen-bond acceptors (Lipinski definition) is 4. The summed E-state index contributed by atoms with van der Waals surface area (Å²) in [5.41, 5.74) is 0. The van der Waals surface area contributed by atoms with Crippen molar-refractivity contribution >= 4 is 12.0 Å². The Labute approximate surface area is 105 Å². The Bertz CT molecular complexity index is 317. The fourth-order valence-electron chi connectivity index (χ4n) is 2.22. The smallest absolute Gasteiger partial charge is 0.326 e. The van der Waals surface area contributed by atoms with Crippen molar-refractivity contribution in [1.29, 1.82) is 0 Å². The van der Waals surface area contributed by atoms with Crippen molar-refractivity contribution in [2.45, 2.75) is 25.0 Å². The molecule has 7 nitrogen and oxygen atoms in total. The number of ether oxygens (including phenoxy) is 2. The fraction of sp³-hybridized carbons (Fsp3) is 0.818. The number of carboxylic acid groups (broad SMARTS) is 1. The number of carboxylic acids is 1. The quantitative estimate of drug-likeness (QED) is 0.723. The lowest BCUT2D eigenvalue weighted by Gasteiger charge is -2.26. The van der Waals surface area contributed by atoms with Crippen LogP contribution in [-0.2, 0) is 14.3 Å². The van der Waals surface area contributed by atoms with E-state index in [1.54, 1.807) is 0 Å². The molecular weight excluding hydrogens is 240 g/mol. The van der Waals surface area contributed by atoms with Crippen molar-refractivity contribution in [3.8, 4) is 0 Å². The molecule has 2 aliphatic rings. The van der Waals surface area contributed by atoms with E-state index in [2.05, 4.69) is 5.32 Å². The second-order valence-corrected chi connectivity index (χ2v) is 4.44. The standard InChI is InChI=1S/C11H18N2O5/c14-10(15)9-2-1-3-13(9)11(16)12-6-8-7-17-4-5-18-8/h8-9H,1-7H2,(H,12,16)(H,14,15)/t8?,9-/m0/s1. The van der Waals surface area contributed by atoms with Gasteiger partial charge in [0.05, 0.1) is 25.9 Å². The average molecular weight is 258 g/mol. The molecule has 2 atom stereocenters. The third-order valence-corrected chi connectivity index (χ3v) is 3.16. The lowest BCUT2D eigenvalue weighted by molar-refractivity contribution is -0.141. The number of carbonyl (C=O) groups excluding carboxylic acids is 1. The summed E-state index contributed by atoms with van der Waals surface area (Å²) in [7, 11) is 0. The zero-order chi connectivity index (χ0) is 13.0. The minimum atomic E-state index is -0.945. The van der Waals surface area contributed by atoms with Crippen LogP contribution >= 0.6 is 0 Å². The fourth-order valence-corrected chi connectivity index (χ4v) is 2.22. The second kappa shape index (κ2) is 6.01. The number of aliphatic carboxylic acids is 1. The minimum absolute atomic E-state index is 0.145. The van der Waals surface area contributed by atoms with E-state index in [9.17, 15) is 9.59 Å². The number of nitrogens with zero attached hydrogens (tertiary/aromatic N) is 1. The number of amides is 2. The van der Waals surface area contributed by atoms with Crippen molar-refractivity contribution in [3.63, 3.8) is 0 Å². The topological polar surface area (TPSA) is 88.1 Å². The zero-order valence-electron chi connectivity index (χ0n) is 10.1. The average Bonchev–Trinajstić information content (AvgIpc) is 2.86. The number of likely N-dealkylation sites (tertiary alicyclic amines) is 1. The maximum atomic E-state index is 11.9. The van der Waals surface area contributed by atoms with E-state index in [1.807, 2.05) is 0 Å². The largest absolute Gasteiger partial charge is 0.480 e. The van der Waals surface area contributed by atoms with E-state index >= 15 is 0 Å². The number of urea groups is 1. The molecule has 1 unspecified atom stereocenters. The maximum Gasteiger partial charge on any atom is 0.326 e. The Morgan fingerprint density at radius 1 is 1.39 bits per heavy atom. The molecule has 18 heavy (non-hydrogen) atoms. The number of nitrogens with one attached hydrogen (secondary N) is 1. The monoisotopic (exact) mass is 258 g/mol. The van der Waals surface area contributed by atoms with Crippen LogP contribution in [0.5, 0.6) is 0 Å². The molecule has 0 spiro atoms. The van der Waals surface area contributed by atoms with E-state index in [-0.39, 0.29) is 12.1 Å². The van der Waals surface area contributed by atoms with Crippen molar-refractivity contribution in [3.05, 3.63) is 0 Å². The second-order valence-electron chi connectivity index (χ2n) is 4.44. The first-order valence-corrected chi connectivity index (χ1v) is 6.15. The van der Waals surface area contributed by atoms with E-state index in [4.69, 9.17) is 14.6 Å². The Balaban J connectivity index is 1.78. The molecule has 0 aliphatic carbocycles. The highest BCUT2D eigenvalue weighted by Crippen LogP contribution is 2.17. The van der Waals surface area contributed by atoms with Crippen LogP contribution in [0.4, 0.5) is 4.79 Å². The normalized spacial score (nSPS) is 28.1. The number of hydrogen-bond donors (Lipinski definition) is 2. The molecule has 102 valence electrons. The van der Waals surface area contributed by atoms with Crippen LogP contribution < -0.4 is 5.32 Å². The predicted molar refractivity (Wildman–Crippen MR) is 61.3 cm³/mol. The van der Waals surface area contributed by atoms with Crippen LogP contribution in [0.15, 0.2) is 0 Å². The molecule has 7 heteroatoms. The van der Waals surface area contributed by atoms with Crippen LogP contribution in [0.2, 0.25) is 0 Å². The van der Waals surface area contributed by atoms with Gasteiger partial charge >= 0.3 is 12.0 Å². The zero-order valence-corrected chi connectivity index (χ0v) is 10.1. The molecule has 2 aliphatic heterocycles. The van der Waals surface area contributed by atoms with Gasteiger partial charge in [0.2, 0.25) is 0 Å². The van der Waals surface area contributed by atoms with Crippen LogP contribution in [0.3, 0.4) is 0 Å². The van der Waals surface area contributed by atoms with Crippen molar-refractivity contribution < 1.29 is 24.2 Å². The van der Waals surface area contributed by atoms with E-state index in [1.165, 1.54) is 4.90 Å². The number of carbonyl (C=O) groups is 2. The molecule has 0 radical (unpaired) electrons. The van der Waals surface area contributed by atoms with Crippen LogP contribution in [-0.4, -0.2) is 67.1 Å². The van der Waals surface area contributed by atoms with Crippen LogP contribution in [0.25, 0.3) is 0 Å². The van der Waals surface area contributed by atoms with Crippen molar-refractivity contribution in [2.24, 2.45) is 0 Å². The van der Waals surface area contributed by atoms with Gasteiger partial charge in [-0.15, -0.1) is 0 Å².